The minimum Gasteiger partial charge on any atom is -0.822 e. The molecule has 0 saturated heterocycles. The third-order valence-corrected chi connectivity index (χ3v) is 0. The standard InChI is InChI=1S/Fe.Li.H3O4P.Si/c;;1-5(2,3)4;/h;;(H3,1,2,3,4);/q+2;+1;;+4/p-3. The van der Waals surface area contributed by atoms with E-state index in [1.54, 1.807) is 0 Å². The minimum atomic E-state index is -5.39. The molecular weight excluding hydrogens is 186 g/mol. The molecule has 0 radical (unpaired) electrons. The fourth-order valence-corrected chi connectivity index (χ4v) is 0. The van der Waals surface area contributed by atoms with Gasteiger partial charge in [-0.25, -0.2) is 0 Å². The van der Waals surface area contributed by atoms with Crippen molar-refractivity contribution in [2.75, 3.05) is 0 Å². The van der Waals surface area contributed by atoms with Gasteiger partial charge in [-0.3, -0.25) is 0 Å². The molecule has 4 nitrogen and oxygen atoms in total. The van der Waals surface area contributed by atoms with Crippen LogP contribution >= 0.6 is 7.82 Å². The molecule has 0 saturated carbocycles. The zero-order chi connectivity index (χ0) is 4.50. The second-order valence-corrected chi connectivity index (χ2v) is 1.34. The molecule has 38 valence electrons. The van der Waals surface area contributed by atoms with Crippen LogP contribution in [-0.2, 0) is 21.6 Å². The Morgan fingerprint density at radius 1 is 1.12 bits per heavy atom. The Labute approximate surface area is 74.0 Å². The van der Waals surface area contributed by atoms with Gasteiger partial charge in [-0.2, -0.15) is 7.82 Å². The van der Waals surface area contributed by atoms with Gasteiger partial charge in [0.25, 0.3) is 0 Å². The van der Waals surface area contributed by atoms with E-state index in [4.69, 9.17) is 19.2 Å². The number of hydrogen-bond acceptors (Lipinski definition) is 4. The Hall–Kier alpha value is 1.44. The first kappa shape index (κ1) is 22.7. The average Bonchev–Trinajstić information content (AvgIpc) is 0.722. The van der Waals surface area contributed by atoms with Crippen LogP contribution in [0.15, 0.2) is 0 Å². The summed E-state index contributed by atoms with van der Waals surface area (Å²) in [5, 5.41) is 0. The summed E-state index contributed by atoms with van der Waals surface area (Å²) in [6.45, 7) is 0. The van der Waals surface area contributed by atoms with Gasteiger partial charge in [0, 0.05) is 0 Å². The maximum atomic E-state index is 8.55. The number of rotatable bonds is 0. The van der Waals surface area contributed by atoms with Gasteiger partial charge in [0.05, 0.1) is 0 Å². The quantitative estimate of drug-likeness (QED) is 0.278. The molecule has 0 aromatic heterocycles. The topological polar surface area (TPSA) is 86.2 Å². The maximum Gasteiger partial charge on any atom is 4.00 e. The molecule has 0 N–H and O–H groups in total. The van der Waals surface area contributed by atoms with Gasteiger partial charge in [0.1, 0.15) is 0 Å². The van der Waals surface area contributed by atoms with Gasteiger partial charge in [-0.1, -0.05) is 0 Å². The number of phosphoric acid groups is 1. The van der Waals surface area contributed by atoms with Crippen LogP contribution in [0.1, 0.15) is 0 Å². The number of hydrogen-bond donors (Lipinski definition) is 0. The molecule has 0 unspecified atom stereocenters. The monoisotopic (exact) mass is 186 g/mol. The van der Waals surface area contributed by atoms with Crippen LogP contribution in [0.5, 0.6) is 0 Å². The van der Waals surface area contributed by atoms with Crippen molar-refractivity contribution in [2.24, 2.45) is 0 Å². The zero-order valence-corrected chi connectivity index (χ0v) is 6.93. The minimum absolute atomic E-state index is 0. The normalized spacial score (nSPS) is 7.38. The van der Waals surface area contributed by atoms with Gasteiger partial charge in [0.2, 0.25) is 0 Å². The molecule has 0 aromatic rings. The summed E-state index contributed by atoms with van der Waals surface area (Å²) in [6, 6.07) is 0. The molecule has 0 rings (SSSR count). The van der Waals surface area contributed by atoms with Crippen LogP contribution in [0.4, 0.5) is 0 Å². The second kappa shape index (κ2) is 8.44. The van der Waals surface area contributed by atoms with Crippen molar-refractivity contribution in [3.63, 3.8) is 0 Å². The summed E-state index contributed by atoms with van der Waals surface area (Å²) in [5.41, 5.74) is 0. The van der Waals surface area contributed by atoms with Gasteiger partial charge in [0.15, 0.2) is 0 Å². The van der Waals surface area contributed by atoms with E-state index in [1.807, 2.05) is 0 Å². The van der Waals surface area contributed by atoms with Crippen LogP contribution < -0.4 is 33.5 Å². The van der Waals surface area contributed by atoms with E-state index in [1.165, 1.54) is 0 Å². The van der Waals surface area contributed by atoms with Gasteiger partial charge in [-0.05, 0) is 0 Å². The predicted octanol–water partition coefficient (Wildman–Crippen LogP) is -6.20. The summed E-state index contributed by atoms with van der Waals surface area (Å²) in [4.78, 5) is 25.6. The molecule has 0 heterocycles. The van der Waals surface area contributed by atoms with Crippen molar-refractivity contribution in [1.82, 2.24) is 0 Å². The van der Waals surface area contributed by atoms with E-state index >= 15 is 0 Å². The van der Waals surface area contributed by atoms with E-state index in [-0.39, 0.29) is 46.9 Å². The largest absolute Gasteiger partial charge is 4.00 e. The first-order chi connectivity index (χ1) is 2.00. The van der Waals surface area contributed by atoms with Crippen molar-refractivity contribution in [3.8, 4) is 0 Å². The van der Waals surface area contributed by atoms with Crippen LogP contribution in [-0.4, -0.2) is 11.0 Å². The summed E-state index contributed by atoms with van der Waals surface area (Å²) >= 11 is 0. The average molecular weight is 186 g/mol. The predicted molar refractivity (Wildman–Crippen MR) is 13.4 cm³/mol. The van der Waals surface area contributed by atoms with Gasteiger partial charge < -0.3 is 19.2 Å². The van der Waals surface area contributed by atoms with Crippen molar-refractivity contribution < 1.29 is 55.2 Å². The van der Waals surface area contributed by atoms with E-state index in [9.17, 15) is 0 Å². The Kier molecular flexibility index (Phi) is 24.0. The van der Waals surface area contributed by atoms with E-state index in [2.05, 4.69) is 0 Å². The summed E-state index contributed by atoms with van der Waals surface area (Å²) in [5.74, 6) is 0. The van der Waals surface area contributed by atoms with E-state index < -0.39 is 7.82 Å². The molecule has 0 aromatic carbocycles. The molecule has 0 atom stereocenters. The van der Waals surface area contributed by atoms with E-state index in [0.717, 1.165) is 0 Å². The smallest absolute Gasteiger partial charge is 0.822 e. The van der Waals surface area contributed by atoms with Crippen molar-refractivity contribution in [3.05, 3.63) is 0 Å². The first-order valence-corrected chi connectivity index (χ1v) is 2.19. The molecule has 0 amide bonds. The molecule has 8 heteroatoms. The summed E-state index contributed by atoms with van der Waals surface area (Å²) < 4.78 is 8.55. The van der Waals surface area contributed by atoms with Crippen molar-refractivity contribution >= 4 is 18.8 Å². The van der Waals surface area contributed by atoms with Crippen molar-refractivity contribution in [1.29, 1.82) is 0 Å². The SMILES string of the molecule is O=P([O-])([O-])[O-].[Fe+2].[Li+].[Si+4]. The molecular formula is FeLiO4PSi+4. The van der Waals surface area contributed by atoms with Gasteiger partial charge >= 0.3 is 46.9 Å². The molecule has 0 spiro atoms. The summed E-state index contributed by atoms with van der Waals surface area (Å²) in [6.07, 6.45) is 0. The fraction of sp³-hybridized carbons (Fsp3) is 0. The third-order valence-electron chi connectivity index (χ3n) is 0. The molecule has 0 aliphatic carbocycles. The van der Waals surface area contributed by atoms with Crippen LogP contribution in [0.3, 0.4) is 0 Å². The third kappa shape index (κ3) is 148. The molecule has 0 fully saturated rings. The molecule has 0 bridgehead atoms. The second-order valence-electron chi connectivity index (χ2n) is 0.447. The first-order valence-electron chi connectivity index (χ1n) is 0.730. The molecule has 8 heavy (non-hydrogen) atoms. The van der Waals surface area contributed by atoms with Gasteiger partial charge in [-0.15, -0.1) is 0 Å². The Morgan fingerprint density at radius 3 is 1.12 bits per heavy atom. The Balaban J connectivity index is -0.0000000267. The Morgan fingerprint density at radius 2 is 1.12 bits per heavy atom. The van der Waals surface area contributed by atoms with Crippen LogP contribution in [0, 0.1) is 0 Å². The Bertz CT molecular complexity index is 62.2. The summed E-state index contributed by atoms with van der Waals surface area (Å²) in [7, 11) is -5.39. The van der Waals surface area contributed by atoms with Crippen molar-refractivity contribution in [2.45, 2.75) is 0 Å². The molecule has 0 aliphatic heterocycles. The zero-order valence-electron chi connectivity index (χ0n) is 3.93. The van der Waals surface area contributed by atoms with E-state index in [0.29, 0.717) is 0 Å². The van der Waals surface area contributed by atoms with Crippen LogP contribution in [0.2, 0.25) is 0 Å². The fourth-order valence-electron chi connectivity index (χ4n) is 0. The maximum absolute atomic E-state index is 8.55. The molecule has 0 aliphatic rings. The van der Waals surface area contributed by atoms with Crippen LogP contribution in [0.25, 0.3) is 0 Å².